The molecule has 3 aromatic rings. The quantitative estimate of drug-likeness (QED) is 0.358. The Kier molecular flexibility index (Phi) is 4.98. The molecule has 0 amide bonds. The molecule has 0 atom stereocenters. The molecule has 0 unspecified atom stereocenters. The summed E-state index contributed by atoms with van der Waals surface area (Å²) in [6, 6.07) is 12.2. The van der Waals surface area contributed by atoms with Gasteiger partial charge in [-0.3, -0.25) is 0 Å². The van der Waals surface area contributed by atoms with E-state index in [-0.39, 0.29) is 0 Å². The van der Waals surface area contributed by atoms with Crippen molar-refractivity contribution in [3.8, 4) is 17.5 Å². The fraction of sp³-hybridized carbons (Fsp3) is 0.286. The van der Waals surface area contributed by atoms with E-state index in [1.807, 2.05) is 37.3 Å². The van der Waals surface area contributed by atoms with Crippen molar-refractivity contribution in [1.82, 2.24) is 9.88 Å². The molecule has 2 aromatic carbocycles. The first kappa shape index (κ1) is 18.6. The zero-order chi connectivity index (χ0) is 18.3. The van der Waals surface area contributed by atoms with Gasteiger partial charge in [-0.1, -0.05) is 22.0 Å². The Morgan fingerprint density at radius 3 is 2.89 bits per heavy atom. The van der Waals surface area contributed by atoms with Gasteiger partial charge >= 0.3 is 0 Å². The molecule has 0 aliphatic carbocycles. The number of benzene rings is 2. The van der Waals surface area contributed by atoms with Crippen molar-refractivity contribution in [3.63, 3.8) is 0 Å². The molecule has 6 heteroatoms. The van der Waals surface area contributed by atoms with E-state index in [1.54, 1.807) is 0 Å². The van der Waals surface area contributed by atoms with Crippen LogP contribution in [0.25, 0.3) is 22.6 Å². The first-order chi connectivity index (χ1) is 12.5. The van der Waals surface area contributed by atoms with Crippen LogP contribution in [0.1, 0.15) is 30.0 Å². The van der Waals surface area contributed by atoms with E-state index < -0.39 is 0 Å². The Hall–Kier alpha value is -3.16. The number of hydrogen-bond donors (Lipinski definition) is 0. The Balaban J connectivity index is 0.00000210. The largest absolute Gasteiger partial charge is 0.435 e. The molecular weight excluding hydrogens is 652 g/mol. The smallest absolute Gasteiger partial charge is 0.227 e. The van der Waals surface area contributed by atoms with E-state index in [4.69, 9.17) is 4.42 Å². The Morgan fingerprint density at radius 1 is 1.37 bits per heavy atom. The minimum Gasteiger partial charge on any atom is -0.435 e. The zero-order valence-corrected chi connectivity index (χ0v) is 18.8. The minimum atomic E-state index is 0. The fourth-order valence-electron chi connectivity index (χ4n) is 3.50. The molecule has 1 aromatic heterocycles. The zero-order valence-electron chi connectivity index (χ0n) is 15.1. The third-order valence-corrected chi connectivity index (χ3v) is 5.78. The number of hydrogen-bond acceptors (Lipinski definition) is 4. The van der Waals surface area contributed by atoms with Crippen molar-refractivity contribution in [1.29, 1.82) is 5.26 Å². The van der Waals surface area contributed by atoms with Gasteiger partial charge in [0.25, 0.3) is 0 Å². The van der Waals surface area contributed by atoms with E-state index in [9.17, 15) is 5.26 Å². The molecule has 27 heavy (non-hydrogen) atoms. The standard InChI is InChI=1S/C21H19BrN3O.Lr/c1-13-6-7-25(11-13)12-15-8-16(10-23)20-19(9-15)24-21(26-20)17-4-3-5-18(22)14(17)2;/h3-5,8-9H,6-7,11-12H2,1-2H3;/q-1;. The number of rotatable bonds is 3. The maximum atomic E-state index is 9.58. The van der Waals surface area contributed by atoms with Gasteiger partial charge in [0.15, 0.2) is 5.58 Å². The van der Waals surface area contributed by atoms with Gasteiger partial charge in [-0.2, -0.15) is 18.6 Å². The number of fused-ring (bicyclic) bond motifs is 1. The average Bonchev–Trinajstić information content (AvgIpc) is 3.22. The van der Waals surface area contributed by atoms with Crippen molar-refractivity contribution in [2.24, 2.45) is 0 Å². The number of likely N-dealkylation sites (tertiary alicyclic amines) is 1. The third-order valence-electron chi connectivity index (χ3n) is 4.92. The number of halogens is 1. The predicted molar refractivity (Wildman–Crippen MR) is 105 cm³/mol. The van der Waals surface area contributed by atoms with Crippen LogP contribution in [0.2, 0.25) is 0 Å². The molecule has 1 radical (unpaired) electrons. The maximum Gasteiger partial charge on any atom is 0.227 e. The monoisotopic (exact) mass is 670 g/mol. The van der Waals surface area contributed by atoms with Crippen molar-refractivity contribution >= 4 is 27.0 Å². The second-order valence-corrected chi connectivity index (χ2v) is 7.81. The summed E-state index contributed by atoms with van der Waals surface area (Å²) >= 11 is 3.55. The number of aromatic nitrogens is 1. The van der Waals surface area contributed by atoms with Crippen LogP contribution in [0.5, 0.6) is 0 Å². The molecule has 4 nitrogen and oxygen atoms in total. The van der Waals surface area contributed by atoms with Crippen LogP contribution in [0.3, 0.4) is 0 Å². The molecule has 2 heterocycles. The van der Waals surface area contributed by atoms with Crippen molar-refractivity contribution in [2.45, 2.75) is 26.8 Å². The van der Waals surface area contributed by atoms with Crippen LogP contribution < -0.4 is 0 Å². The molecule has 1 aliphatic rings. The van der Waals surface area contributed by atoms with Crippen LogP contribution in [-0.4, -0.2) is 23.0 Å². The summed E-state index contributed by atoms with van der Waals surface area (Å²) in [5, 5.41) is 9.58. The summed E-state index contributed by atoms with van der Waals surface area (Å²) in [6.07, 6.45) is 1.16. The number of nitrogens with zero attached hydrogens (tertiary/aromatic N) is 3. The maximum absolute atomic E-state index is 9.58. The van der Waals surface area contributed by atoms with E-state index in [0.717, 1.165) is 52.7 Å². The van der Waals surface area contributed by atoms with Gasteiger partial charge in [0.1, 0.15) is 11.6 Å². The summed E-state index contributed by atoms with van der Waals surface area (Å²) in [5.74, 6) is 2.07. The van der Waals surface area contributed by atoms with Crippen LogP contribution in [0, 0.1) is 24.2 Å². The average molecular weight is 671 g/mol. The van der Waals surface area contributed by atoms with Crippen LogP contribution in [0.15, 0.2) is 39.2 Å². The Bertz CT molecular complexity index is 1020. The summed E-state index contributed by atoms with van der Waals surface area (Å²) in [4.78, 5) is 7.08. The molecule has 1 saturated heterocycles. The van der Waals surface area contributed by atoms with Crippen molar-refractivity contribution in [3.05, 3.63) is 57.4 Å². The fourth-order valence-corrected chi connectivity index (χ4v) is 3.87. The molecule has 0 spiro atoms. The Labute approximate surface area is 161 Å². The first-order valence-corrected chi connectivity index (χ1v) is 9.47. The molecule has 147 valence electrons. The van der Waals surface area contributed by atoms with E-state index in [1.165, 1.54) is 5.92 Å². The summed E-state index contributed by atoms with van der Waals surface area (Å²) in [5.41, 5.74) is 4.97. The van der Waals surface area contributed by atoms with Gasteiger partial charge in [-0.15, -0.1) is 6.54 Å². The van der Waals surface area contributed by atoms with Crippen LogP contribution in [-0.2, 0) is 6.54 Å². The van der Waals surface area contributed by atoms with E-state index >= 15 is 0 Å². The summed E-state index contributed by atoms with van der Waals surface area (Å²) < 4.78 is 6.99. The molecule has 0 saturated carbocycles. The second kappa shape index (κ2) is 7.22. The summed E-state index contributed by atoms with van der Waals surface area (Å²) in [6.45, 7) is 7.17. The molecule has 0 N–H and O–H groups in total. The number of nitriles is 1. The third kappa shape index (κ3) is 3.42. The van der Waals surface area contributed by atoms with Gasteiger partial charge < -0.3 is 15.2 Å². The van der Waals surface area contributed by atoms with Crippen LogP contribution in [0.4, 0.5) is 0 Å². The normalized spacial score (nSPS) is 15.0. The van der Waals surface area contributed by atoms with Crippen LogP contribution >= 0.6 is 15.9 Å². The molecular formula is C21H19BrLrN3O-. The van der Waals surface area contributed by atoms with Gasteiger partial charge in [0.05, 0.1) is 5.56 Å². The van der Waals surface area contributed by atoms with Gasteiger partial charge in [0.2, 0.25) is 5.89 Å². The van der Waals surface area contributed by atoms with E-state index in [2.05, 4.69) is 38.8 Å². The Morgan fingerprint density at radius 2 is 2.19 bits per heavy atom. The minimum absolute atomic E-state index is 0. The summed E-state index contributed by atoms with van der Waals surface area (Å²) in [7, 11) is 0. The molecule has 4 rings (SSSR count). The first-order valence-electron chi connectivity index (χ1n) is 8.68. The number of oxazole rings is 1. The molecule has 1 fully saturated rings. The second-order valence-electron chi connectivity index (χ2n) is 6.95. The van der Waals surface area contributed by atoms with Crippen molar-refractivity contribution < 1.29 is 4.42 Å². The van der Waals surface area contributed by atoms with E-state index in [0.29, 0.717) is 17.0 Å². The molecule has 1 aliphatic heterocycles. The van der Waals surface area contributed by atoms with Gasteiger partial charge in [0, 0.05) is 16.6 Å². The predicted octanol–water partition coefficient (Wildman–Crippen LogP) is 5.24. The topological polar surface area (TPSA) is 53.1 Å². The van der Waals surface area contributed by atoms with Crippen molar-refractivity contribution in [2.75, 3.05) is 13.1 Å². The molecule has 0 bridgehead atoms. The van der Waals surface area contributed by atoms with Gasteiger partial charge in [-0.25, -0.2) is 4.98 Å². The SMILES string of the molecule is Cc1c(Br)cccc1-c1nc2cc(CN3CC[C-](C)C3)cc(C#N)c2o1.[Lr]. The van der Waals surface area contributed by atoms with Gasteiger partial charge in [-0.05, 0) is 48.9 Å².